The molecular weight excluding hydrogens is 530 g/mol. The standard InChI is InChI=1S/C33H43N5O4/c39-31(12-14-36-15-17-42-18-16-36)35-28-20-26(33(41)34-13-11-24-5-2-1-3-6-24)9-10-30(28)37-21-25-19-27(23-37)29-7-4-8-32(40)38(29)22-25/h4-5,7-10,20,25,27H,1-3,6,11-19,21-23H2,(H,34,41)(H,35,39). The summed E-state index contributed by atoms with van der Waals surface area (Å²) in [5, 5.41) is 6.25. The summed E-state index contributed by atoms with van der Waals surface area (Å²) >= 11 is 0. The highest BCUT2D eigenvalue weighted by Crippen LogP contribution is 2.39. The first-order valence-electron chi connectivity index (χ1n) is 15.7. The number of carbonyl (C=O) groups excluding carboxylic acids is 2. The molecule has 2 aromatic rings. The number of fused-ring (bicyclic) bond motifs is 4. The second-order valence-electron chi connectivity index (χ2n) is 12.2. The SMILES string of the molecule is O=C(CCN1CCOCC1)Nc1cc(C(=O)NCCC2=CCCCC2)ccc1N1CC2CC(C1)c1cccc(=O)n1C2. The van der Waals surface area contributed by atoms with E-state index in [0.717, 1.165) is 63.2 Å². The number of carbonyl (C=O) groups is 2. The number of amides is 2. The normalized spacial score (nSPS) is 22.2. The molecule has 2 saturated heterocycles. The number of hydrogen-bond donors (Lipinski definition) is 2. The van der Waals surface area contributed by atoms with Gasteiger partial charge in [-0.1, -0.05) is 17.7 Å². The van der Waals surface area contributed by atoms with Crippen LogP contribution in [0.2, 0.25) is 0 Å². The maximum absolute atomic E-state index is 13.2. The van der Waals surface area contributed by atoms with Gasteiger partial charge >= 0.3 is 0 Å². The Hall–Kier alpha value is -3.43. The monoisotopic (exact) mass is 573 g/mol. The third kappa shape index (κ3) is 6.79. The molecule has 4 heterocycles. The molecule has 2 N–H and O–H groups in total. The smallest absolute Gasteiger partial charge is 0.251 e. The largest absolute Gasteiger partial charge is 0.379 e. The van der Waals surface area contributed by atoms with Gasteiger partial charge in [-0.25, -0.2) is 0 Å². The van der Waals surface area contributed by atoms with E-state index in [1.54, 1.807) is 6.07 Å². The Morgan fingerprint density at radius 3 is 2.74 bits per heavy atom. The Morgan fingerprint density at radius 1 is 1.02 bits per heavy atom. The molecule has 4 aliphatic rings. The first kappa shape index (κ1) is 28.7. The molecule has 1 aromatic heterocycles. The first-order valence-corrected chi connectivity index (χ1v) is 15.7. The van der Waals surface area contributed by atoms with Gasteiger partial charge in [0.1, 0.15) is 0 Å². The average Bonchev–Trinajstić information content (AvgIpc) is 3.01. The summed E-state index contributed by atoms with van der Waals surface area (Å²) < 4.78 is 7.37. The highest BCUT2D eigenvalue weighted by Gasteiger charge is 2.35. The lowest BCUT2D eigenvalue weighted by molar-refractivity contribution is -0.116. The van der Waals surface area contributed by atoms with E-state index < -0.39 is 0 Å². The van der Waals surface area contributed by atoms with E-state index in [9.17, 15) is 14.4 Å². The Bertz CT molecular complexity index is 1380. The first-order chi connectivity index (χ1) is 20.5. The summed E-state index contributed by atoms with van der Waals surface area (Å²) in [6.45, 7) is 6.64. The fourth-order valence-corrected chi connectivity index (χ4v) is 7.01. The zero-order chi connectivity index (χ0) is 28.9. The quantitative estimate of drug-likeness (QED) is 0.444. The molecule has 6 rings (SSSR count). The third-order valence-electron chi connectivity index (χ3n) is 9.23. The van der Waals surface area contributed by atoms with Crippen LogP contribution in [0, 0.1) is 5.92 Å². The fourth-order valence-electron chi connectivity index (χ4n) is 7.01. The molecule has 0 radical (unpaired) electrons. The van der Waals surface area contributed by atoms with Crippen LogP contribution in [0.15, 0.2) is 52.8 Å². The predicted octanol–water partition coefficient (Wildman–Crippen LogP) is 3.75. The maximum atomic E-state index is 13.2. The van der Waals surface area contributed by atoms with Gasteiger partial charge in [-0.2, -0.15) is 0 Å². The van der Waals surface area contributed by atoms with Crippen molar-refractivity contribution in [3.8, 4) is 0 Å². The van der Waals surface area contributed by atoms with Crippen LogP contribution >= 0.6 is 0 Å². The van der Waals surface area contributed by atoms with Gasteiger partial charge < -0.3 is 24.8 Å². The lowest BCUT2D eigenvalue weighted by Crippen LogP contribution is -2.47. The minimum Gasteiger partial charge on any atom is -0.379 e. The van der Waals surface area contributed by atoms with Crippen LogP contribution in [-0.2, 0) is 16.1 Å². The summed E-state index contributed by atoms with van der Waals surface area (Å²) in [6.07, 6.45) is 9.39. The molecule has 42 heavy (non-hydrogen) atoms. The number of benzene rings is 1. The average molecular weight is 574 g/mol. The van der Waals surface area contributed by atoms with E-state index in [2.05, 4.69) is 32.6 Å². The lowest BCUT2D eigenvalue weighted by Gasteiger charge is -2.44. The summed E-state index contributed by atoms with van der Waals surface area (Å²) in [6, 6.07) is 11.2. The highest BCUT2D eigenvalue weighted by molar-refractivity contribution is 6.00. The number of anilines is 2. The van der Waals surface area contributed by atoms with Crippen LogP contribution in [0.4, 0.5) is 11.4 Å². The number of rotatable bonds is 9. The van der Waals surface area contributed by atoms with Crippen LogP contribution in [0.1, 0.15) is 66.9 Å². The van der Waals surface area contributed by atoms with Gasteiger partial charge in [-0.05, 0) is 68.7 Å². The molecule has 2 fully saturated rings. The summed E-state index contributed by atoms with van der Waals surface area (Å²) in [7, 11) is 0. The fraction of sp³-hybridized carbons (Fsp3) is 0.545. The van der Waals surface area contributed by atoms with Gasteiger partial charge in [0.25, 0.3) is 11.5 Å². The molecule has 2 unspecified atom stereocenters. The molecule has 2 amide bonds. The third-order valence-corrected chi connectivity index (χ3v) is 9.23. The van der Waals surface area contributed by atoms with Gasteiger partial charge in [0, 0.05) is 75.5 Å². The second kappa shape index (κ2) is 13.3. The molecule has 1 aromatic carbocycles. The number of allylic oxidation sites excluding steroid dienone is 1. The van der Waals surface area contributed by atoms with Crippen molar-refractivity contribution in [1.82, 2.24) is 14.8 Å². The van der Waals surface area contributed by atoms with E-state index in [4.69, 9.17) is 4.74 Å². The molecule has 1 aliphatic carbocycles. The number of nitrogens with zero attached hydrogens (tertiary/aromatic N) is 3. The van der Waals surface area contributed by atoms with Crippen molar-refractivity contribution in [2.24, 2.45) is 5.92 Å². The number of hydrogen-bond acceptors (Lipinski definition) is 6. The summed E-state index contributed by atoms with van der Waals surface area (Å²) in [5.74, 6) is 0.413. The second-order valence-corrected chi connectivity index (χ2v) is 12.2. The van der Waals surface area contributed by atoms with Crippen molar-refractivity contribution in [2.75, 3.05) is 62.7 Å². The molecule has 224 valence electrons. The van der Waals surface area contributed by atoms with Gasteiger partial charge in [0.2, 0.25) is 5.91 Å². The number of aromatic nitrogens is 1. The molecule has 3 aliphatic heterocycles. The number of piperidine rings is 1. The zero-order valence-corrected chi connectivity index (χ0v) is 24.5. The minimum atomic E-state index is -0.120. The van der Waals surface area contributed by atoms with E-state index in [0.29, 0.717) is 56.4 Å². The number of ether oxygens (including phenoxy) is 1. The number of morpholine rings is 1. The van der Waals surface area contributed by atoms with Crippen LogP contribution < -0.4 is 21.1 Å². The maximum Gasteiger partial charge on any atom is 0.251 e. The van der Waals surface area contributed by atoms with Gasteiger partial charge in [-0.15, -0.1) is 0 Å². The van der Waals surface area contributed by atoms with Crippen LogP contribution in [0.3, 0.4) is 0 Å². The van der Waals surface area contributed by atoms with Gasteiger partial charge in [-0.3, -0.25) is 19.3 Å². The van der Waals surface area contributed by atoms with E-state index in [1.165, 1.54) is 18.4 Å². The van der Waals surface area contributed by atoms with Crippen LogP contribution in [-0.4, -0.2) is 73.8 Å². The molecule has 2 bridgehead atoms. The molecular formula is C33H43N5O4. The Labute approximate surface area is 247 Å². The molecule has 2 atom stereocenters. The molecule has 0 saturated carbocycles. The van der Waals surface area contributed by atoms with E-state index in [-0.39, 0.29) is 23.3 Å². The van der Waals surface area contributed by atoms with Gasteiger partial charge in [0.05, 0.1) is 24.6 Å². The number of pyridine rings is 1. The van der Waals surface area contributed by atoms with Crippen molar-refractivity contribution in [3.05, 3.63) is 69.7 Å². The number of nitrogens with one attached hydrogen (secondary N) is 2. The lowest BCUT2D eigenvalue weighted by atomic mass is 9.83. The Balaban J connectivity index is 1.18. The van der Waals surface area contributed by atoms with Crippen molar-refractivity contribution < 1.29 is 14.3 Å². The highest BCUT2D eigenvalue weighted by atomic mass is 16.5. The topological polar surface area (TPSA) is 95.9 Å². The summed E-state index contributed by atoms with van der Waals surface area (Å²) in [5.41, 5.74) is 4.75. The molecule has 9 nitrogen and oxygen atoms in total. The van der Waals surface area contributed by atoms with Crippen molar-refractivity contribution in [2.45, 2.75) is 57.4 Å². The van der Waals surface area contributed by atoms with Crippen molar-refractivity contribution in [1.29, 1.82) is 0 Å². The zero-order valence-electron chi connectivity index (χ0n) is 24.5. The van der Waals surface area contributed by atoms with E-state index >= 15 is 0 Å². The molecule has 0 spiro atoms. The minimum absolute atomic E-state index is 0.0568. The summed E-state index contributed by atoms with van der Waals surface area (Å²) in [4.78, 5) is 43.4. The van der Waals surface area contributed by atoms with Crippen LogP contribution in [0.5, 0.6) is 0 Å². The Kier molecular flexibility index (Phi) is 9.05. The van der Waals surface area contributed by atoms with Crippen molar-refractivity contribution >= 4 is 23.2 Å². The van der Waals surface area contributed by atoms with Crippen LogP contribution in [0.25, 0.3) is 0 Å². The molecule has 9 heteroatoms. The van der Waals surface area contributed by atoms with E-state index in [1.807, 2.05) is 28.8 Å². The Morgan fingerprint density at radius 2 is 1.90 bits per heavy atom. The van der Waals surface area contributed by atoms with Crippen molar-refractivity contribution in [3.63, 3.8) is 0 Å². The predicted molar refractivity (Wildman–Crippen MR) is 164 cm³/mol. The van der Waals surface area contributed by atoms with Gasteiger partial charge in [0.15, 0.2) is 0 Å².